The predicted octanol–water partition coefficient (Wildman–Crippen LogP) is 3.84. The van der Waals surface area contributed by atoms with Crippen molar-refractivity contribution in [2.45, 2.75) is 43.0 Å². The number of hydrogen-bond donors (Lipinski definition) is 1. The highest BCUT2D eigenvalue weighted by Gasteiger charge is 2.17. The summed E-state index contributed by atoms with van der Waals surface area (Å²) in [4.78, 5) is 4.60. The van der Waals surface area contributed by atoms with Crippen molar-refractivity contribution in [3.05, 3.63) is 35.7 Å². The smallest absolute Gasteiger partial charge is 0.208 e. The number of ether oxygens (including phenoxy) is 1. The van der Waals surface area contributed by atoms with E-state index in [9.17, 15) is 0 Å². The predicted molar refractivity (Wildman–Crippen MR) is 84.6 cm³/mol. The zero-order valence-corrected chi connectivity index (χ0v) is 13.2. The zero-order valence-electron chi connectivity index (χ0n) is 12.3. The fraction of sp³-hybridized carbons (Fsp3) is 0.500. The van der Waals surface area contributed by atoms with Crippen LogP contribution in [0.4, 0.5) is 0 Å². The van der Waals surface area contributed by atoms with E-state index < -0.39 is 0 Å². The molecule has 1 saturated carbocycles. The van der Waals surface area contributed by atoms with Crippen LogP contribution in [0, 0.1) is 5.92 Å². The molecular formula is C16H21N3OS. The zero-order chi connectivity index (χ0) is 14.5. The molecule has 1 fully saturated rings. The molecule has 2 aromatic rings. The lowest BCUT2D eigenvalue weighted by molar-refractivity contribution is 0.414. The molecule has 0 aliphatic heterocycles. The Morgan fingerprint density at radius 2 is 2.19 bits per heavy atom. The van der Waals surface area contributed by atoms with Gasteiger partial charge < -0.3 is 4.74 Å². The monoisotopic (exact) mass is 303 g/mol. The highest BCUT2D eigenvalue weighted by Crippen LogP contribution is 2.28. The molecule has 1 aliphatic rings. The Hall–Kier alpha value is -1.49. The van der Waals surface area contributed by atoms with Gasteiger partial charge in [0.2, 0.25) is 5.16 Å². The first-order chi connectivity index (χ1) is 10.3. The molecule has 1 N–H and O–H groups in total. The minimum atomic E-state index is 0.800. The highest BCUT2D eigenvalue weighted by molar-refractivity contribution is 7.98. The number of rotatable bonds is 6. The third-order valence-electron chi connectivity index (χ3n) is 3.97. The second-order valence-electron chi connectivity index (χ2n) is 5.56. The largest absolute Gasteiger partial charge is 0.497 e. The Labute approximate surface area is 129 Å². The van der Waals surface area contributed by atoms with Gasteiger partial charge in [-0.2, -0.15) is 0 Å². The summed E-state index contributed by atoms with van der Waals surface area (Å²) in [7, 11) is 1.69. The van der Waals surface area contributed by atoms with Gasteiger partial charge in [-0.3, -0.25) is 5.10 Å². The topological polar surface area (TPSA) is 50.8 Å². The molecular weight excluding hydrogens is 282 g/mol. The molecule has 0 amide bonds. The summed E-state index contributed by atoms with van der Waals surface area (Å²) in [6.45, 7) is 0. The number of hydrogen-bond acceptors (Lipinski definition) is 4. The first-order valence-corrected chi connectivity index (χ1v) is 8.49. The van der Waals surface area contributed by atoms with E-state index in [1.54, 1.807) is 18.9 Å². The van der Waals surface area contributed by atoms with Crippen molar-refractivity contribution in [1.82, 2.24) is 15.2 Å². The van der Waals surface area contributed by atoms with Crippen LogP contribution in [0.1, 0.15) is 37.1 Å². The van der Waals surface area contributed by atoms with Gasteiger partial charge in [-0.15, -0.1) is 5.10 Å². The SMILES string of the molecule is COc1cccc(CSc2n[nH]c(CC3CCCC3)n2)c1. The van der Waals surface area contributed by atoms with Gasteiger partial charge in [-0.25, -0.2) is 4.98 Å². The maximum Gasteiger partial charge on any atom is 0.208 e. The van der Waals surface area contributed by atoms with Crippen LogP contribution in [-0.4, -0.2) is 22.3 Å². The minimum absolute atomic E-state index is 0.800. The van der Waals surface area contributed by atoms with Crippen LogP contribution in [0.5, 0.6) is 5.75 Å². The van der Waals surface area contributed by atoms with Crippen LogP contribution in [-0.2, 0) is 12.2 Å². The van der Waals surface area contributed by atoms with E-state index >= 15 is 0 Å². The summed E-state index contributed by atoms with van der Waals surface area (Å²) in [6, 6.07) is 8.12. The molecule has 1 aromatic heterocycles. The van der Waals surface area contributed by atoms with Crippen molar-refractivity contribution >= 4 is 11.8 Å². The number of methoxy groups -OCH3 is 1. The fourth-order valence-electron chi connectivity index (χ4n) is 2.83. The molecule has 112 valence electrons. The summed E-state index contributed by atoms with van der Waals surface area (Å²) >= 11 is 1.66. The lowest BCUT2D eigenvalue weighted by atomic mass is 10.0. The maximum atomic E-state index is 5.24. The molecule has 5 heteroatoms. The maximum absolute atomic E-state index is 5.24. The van der Waals surface area contributed by atoms with Gasteiger partial charge in [0, 0.05) is 12.2 Å². The lowest BCUT2D eigenvalue weighted by Crippen LogP contribution is -2.00. The molecule has 1 aliphatic carbocycles. The van der Waals surface area contributed by atoms with Gasteiger partial charge in [0.1, 0.15) is 11.6 Å². The average Bonchev–Trinajstić information content (AvgIpc) is 3.18. The number of aromatic nitrogens is 3. The molecule has 0 radical (unpaired) electrons. The van der Waals surface area contributed by atoms with Crippen LogP contribution >= 0.6 is 11.8 Å². The molecule has 0 saturated heterocycles. The molecule has 1 heterocycles. The van der Waals surface area contributed by atoms with E-state index in [2.05, 4.69) is 27.3 Å². The van der Waals surface area contributed by atoms with Gasteiger partial charge in [0.15, 0.2) is 0 Å². The third-order valence-corrected chi connectivity index (χ3v) is 4.89. The van der Waals surface area contributed by atoms with Gasteiger partial charge >= 0.3 is 0 Å². The average molecular weight is 303 g/mol. The van der Waals surface area contributed by atoms with E-state index in [-0.39, 0.29) is 0 Å². The van der Waals surface area contributed by atoms with E-state index in [4.69, 9.17) is 4.74 Å². The molecule has 4 nitrogen and oxygen atoms in total. The fourth-order valence-corrected chi connectivity index (χ4v) is 3.59. The molecule has 0 atom stereocenters. The van der Waals surface area contributed by atoms with Crippen LogP contribution < -0.4 is 4.74 Å². The van der Waals surface area contributed by atoms with Gasteiger partial charge in [0.05, 0.1) is 7.11 Å². The number of aromatic amines is 1. The molecule has 21 heavy (non-hydrogen) atoms. The Bertz CT molecular complexity index is 578. The van der Waals surface area contributed by atoms with Crippen molar-refractivity contribution in [2.75, 3.05) is 7.11 Å². The summed E-state index contributed by atoms with van der Waals surface area (Å²) in [6.07, 6.45) is 6.47. The van der Waals surface area contributed by atoms with E-state index in [1.807, 2.05) is 12.1 Å². The molecule has 0 unspecified atom stereocenters. The van der Waals surface area contributed by atoms with Crippen molar-refractivity contribution in [3.8, 4) is 5.75 Å². The second kappa shape index (κ2) is 6.98. The van der Waals surface area contributed by atoms with Crippen LogP contribution in [0.25, 0.3) is 0 Å². The van der Waals surface area contributed by atoms with Gasteiger partial charge in [-0.1, -0.05) is 49.6 Å². The summed E-state index contributed by atoms with van der Waals surface area (Å²) < 4.78 is 5.24. The molecule has 0 spiro atoms. The first-order valence-electron chi connectivity index (χ1n) is 7.50. The molecule has 0 bridgehead atoms. The summed E-state index contributed by atoms with van der Waals surface area (Å²) in [5.41, 5.74) is 1.22. The summed E-state index contributed by atoms with van der Waals surface area (Å²) in [5.74, 6) is 3.59. The summed E-state index contributed by atoms with van der Waals surface area (Å²) in [5, 5.41) is 8.24. The Balaban J connectivity index is 1.54. The Morgan fingerprint density at radius 1 is 1.33 bits per heavy atom. The normalized spacial score (nSPS) is 15.5. The van der Waals surface area contributed by atoms with E-state index in [0.717, 1.165) is 34.8 Å². The van der Waals surface area contributed by atoms with Gasteiger partial charge in [-0.05, 0) is 23.6 Å². The number of nitrogens with zero attached hydrogens (tertiary/aromatic N) is 2. The van der Waals surface area contributed by atoms with E-state index in [0.29, 0.717) is 0 Å². The quantitative estimate of drug-likeness (QED) is 0.824. The molecule has 3 rings (SSSR count). The Morgan fingerprint density at radius 3 is 3.00 bits per heavy atom. The first kappa shape index (κ1) is 14.4. The minimum Gasteiger partial charge on any atom is -0.497 e. The standard InChI is InChI=1S/C16H21N3OS/c1-20-14-8-4-7-13(9-14)11-21-16-17-15(18-19-16)10-12-5-2-3-6-12/h4,7-9,12H,2-3,5-6,10-11H2,1H3,(H,17,18,19). The van der Waals surface area contributed by atoms with Crippen molar-refractivity contribution in [1.29, 1.82) is 0 Å². The van der Waals surface area contributed by atoms with E-state index in [1.165, 1.54) is 31.2 Å². The molecule has 1 aromatic carbocycles. The van der Waals surface area contributed by atoms with Crippen molar-refractivity contribution < 1.29 is 4.74 Å². The van der Waals surface area contributed by atoms with Crippen molar-refractivity contribution in [3.63, 3.8) is 0 Å². The third kappa shape index (κ3) is 4.00. The highest BCUT2D eigenvalue weighted by atomic mass is 32.2. The second-order valence-corrected chi connectivity index (χ2v) is 6.50. The van der Waals surface area contributed by atoms with Crippen LogP contribution in [0.3, 0.4) is 0 Å². The Kier molecular flexibility index (Phi) is 4.80. The van der Waals surface area contributed by atoms with Crippen molar-refractivity contribution in [2.24, 2.45) is 5.92 Å². The number of thioether (sulfide) groups is 1. The van der Waals surface area contributed by atoms with Gasteiger partial charge in [0.25, 0.3) is 0 Å². The van der Waals surface area contributed by atoms with Crippen LogP contribution in [0.15, 0.2) is 29.4 Å². The lowest BCUT2D eigenvalue weighted by Gasteiger charge is -2.04. The van der Waals surface area contributed by atoms with Crippen LogP contribution in [0.2, 0.25) is 0 Å². The number of benzene rings is 1. The number of nitrogens with one attached hydrogen (secondary N) is 1. The number of H-pyrrole nitrogens is 1.